The van der Waals surface area contributed by atoms with Gasteiger partial charge < -0.3 is 35.3 Å². The number of nitrogens with two attached hydrogens (primary N) is 1. The van der Waals surface area contributed by atoms with Gasteiger partial charge in [0.25, 0.3) is 0 Å². The largest absolute Gasteiger partial charge is 0.515 e. The second kappa shape index (κ2) is 14.2. The number of aliphatic hydroxyl groups is 1. The zero-order chi connectivity index (χ0) is 30.1. The van der Waals surface area contributed by atoms with Crippen LogP contribution in [0.5, 0.6) is 23.1 Å². The topological polar surface area (TPSA) is 144 Å². The van der Waals surface area contributed by atoms with Crippen LogP contribution >= 0.6 is 11.6 Å². The van der Waals surface area contributed by atoms with Crippen LogP contribution in [0.15, 0.2) is 54.0 Å². The number of aromatic nitrogens is 2. The summed E-state index contributed by atoms with van der Waals surface area (Å²) in [6, 6.07) is 7.57. The first-order valence-electron chi connectivity index (χ1n) is 13.9. The van der Waals surface area contributed by atoms with E-state index in [1.165, 1.54) is 31.7 Å². The number of carbonyl (C=O) groups is 1. The Morgan fingerprint density at radius 3 is 2.74 bits per heavy atom. The summed E-state index contributed by atoms with van der Waals surface area (Å²) in [6.45, 7) is 8.47. The first-order chi connectivity index (χ1) is 20.3. The predicted octanol–water partition coefficient (Wildman–Crippen LogP) is 6.33. The zero-order valence-corrected chi connectivity index (χ0v) is 24.9. The van der Waals surface area contributed by atoms with Crippen LogP contribution in [0, 0.1) is 5.41 Å². The monoisotopic (exact) mass is 596 g/mol. The molecule has 4 rings (SSSR count). The third kappa shape index (κ3) is 7.59. The lowest BCUT2D eigenvalue weighted by molar-refractivity contribution is 0.220. The number of fused-ring (bicyclic) bond motifs is 1. The Morgan fingerprint density at radius 2 is 2.05 bits per heavy atom. The molecule has 11 nitrogen and oxygen atoms in total. The molecule has 0 radical (unpaired) electrons. The normalized spacial score (nSPS) is 15.3. The molecular formula is C30H37ClN6O5. The van der Waals surface area contributed by atoms with Gasteiger partial charge in [-0.25, -0.2) is 14.8 Å². The number of benzene rings is 2. The molecule has 0 saturated carbocycles. The molecule has 2 amide bonds. The van der Waals surface area contributed by atoms with Crippen molar-refractivity contribution >= 4 is 40.1 Å². The number of ether oxygens (including phenoxy) is 3. The molecule has 0 atom stereocenters. The van der Waals surface area contributed by atoms with Crippen molar-refractivity contribution in [2.45, 2.75) is 39.5 Å². The number of nitrogens with one attached hydrogen (secondary N) is 1. The van der Waals surface area contributed by atoms with Crippen LogP contribution in [-0.4, -0.2) is 65.2 Å². The molecule has 0 aliphatic carbocycles. The van der Waals surface area contributed by atoms with E-state index in [2.05, 4.69) is 39.0 Å². The van der Waals surface area contributed by atoms with Gasteiger partial charge in [-0.15, -0.1) is 0 Å². The molecule has 1 aliphatic rings. The highest BCUT2D eigenvalue weighted by molar-refractivity contribution is 6.33. The second-order valence-corrected chi connectivity index (χ2v) is 10.6. The summed E-state index contributed by atoms with van der Waals surface area (Å²) in [6.07, 6.45) is 7.81. The van der Waals surface area contributed by atoms with E-state index >= 15 is 0 Å². The average Bonchev–Trinajstić information content (AvgIpc) is 3.40. The highest BCUT2D eigenvalue weighted by atomic mass is 35.5. The summed E-state index contributed by atoms with van der Waals surface area (Å²) >= 11 is 6.35. The molecular weight excluding hydrogens is 560 g/mol. The summed E-state index contributed by atoms with van der Waals surface area (Å²) in [7, 11) is 1.59. The smallest absolute Gasteiger partial charge is 0.347 e. The van der Waals surface area contributed by atoms with E-state index in [0.717, 1.165) is 32.1 Å². The maximum atomic E-state index is 12.0. The molecule has 2 aromatic carbocycles. The van der Waals surface area contributed by atoms with Crippen LogP contribution in [0.3, 0.4) is 0 Å². The van der Waals surface area contributed by atoms with Crippen LogP contribution < -0.4 is 25.3 Å². The van der Waals surface area contributed by atoms with Gasteiger partial charge in [0.1, 0.15) is 17.9 Å². The number of urea groups is 1. The van der Waals surface area contributed by atoms with Crippen LogP contribution in [0.2, 0.25) is 5.02 Å². The Bertz CT molecular complexity index is 1460. The Labute approximate surface area is 250 Å². The van der Waals surface area contributed by atoms with E-state index in [1.807, 2.05) is 6.07 Å². The standard InChI is InChI=1S/C30H37ClN6O5/c1-4-30(5-2)10-12-37(18-30)11-6-14-41-26-17-24-21(16-25(26)40-3)28(34-19-33-24)42-20-7-8-23(22(31)15-20)35-29(39)36-27(32)9-13-38/h7-9,13,15-17,19,38H,4-6,10-12,14,18H2,1-3H3,(H3,32,35,36,39)/b13-9-. The van der Waals surface area contributed by atoms with Crippen molar-refractivity contribution in [2.24, 2.45) is 16.1 Å². The number of amidine groups is 1. The Morgan fingerprint density at radius 1 is 1.24 bits per heavy atom. The van der Waals surface area contributed by atoms with Gasteiger partial charge in [0, 0.05) is 31.3 Å². The van der Waals surface area contributed by atoms with E-state index in [-0.39, 0.29) is 10.9 Å². The lowest BCUT2D eigenvalue weighted by Gasteiger charge is -2.26. The summed E-state index contributed by atoms with van der Waals surface area (Å²) in [4.78, 5) is 26.8. The lowest BCUT2D eigenvalue weighted by atomic mass is 9.82. The molecule has 42 heavy (non-hydrogen) atoms. The second-order valence-electron chi connectivity index (χ2n) is 10.2. The number of aliphatic hydroxyl groups excluding tert-OH is 1. The van der Waals surface area contributed by atoms with Crippen LogP contribution in [0.25, 0.3) is 10.9 Å². The van der Waals surface area contributed by atoms with E-state index in [0.29, 0.717) is 58.0 Å². The summed E-state index contributed by atoms with van der Waals surface area (Å²) in [5.74, 6) is 1.68. The van der Waals surface area contributed by atoms with Gasteiger partial charge in [0.15, 0.2) is 11.5 Å². The maximum absolute atomic E-state index is 12.0. The molecule has 1 fully saturated rings. The third-order valence-corrected chi connectivity index (χ3v) is 7.96. The van der Waals surface area contributed by atoms with Gasteiger partial charge in [-0.2, -0.15) is 4.99 Å². The third-order valence-electron chi connectivity index (χ3n) is 7.65. The first-order valence-corrected chi connectivity index (χ1v) is 14.3. The van der Waals surface area contributed by atoms with Crippen molar-refractivity contribution in [3.05, 3.63) is 54.0 Å². The Balaban J connectivity index is 1.41. The van der Waals surface area contributed by atoms with Crippen molar-refractivity contribution in [1.29, 1.82) is 0 Å². The number of likely N-dealkylation sites (tertiary alicyclic amines) is 1. The quantitative estimate of drug-likeness (QED) is 0.0945. The minimum atomic E-state index is -0.751. The van der Waals surface area contributed by atoms with Crippen molar-refractivity contribution in [3.63, 3.8) is 0 Å². The predicted molar refractivity (Wildman–Crippen MR) is 164 cm³/mol. The number of carbonyl (C=O) groups excluding carboxylic acids is 1. The van der Waals surface area contributed by atoms with Crippen molar-refractivity contribution in [3.8, 4) is 23.1 Å². The molecule has 12 heteroatoms. The number of nitrogens with zero attached hydrogens (tertiary/aromatic N) is 4. The minimum absolute atomic E-state index is 0.164. The van der Waals surface area contributed by atoms with Gasteiger partial charge >= 0.3 is 6.03 Å². The summed E-state index contributed by atoms with van der Waals surface area (Å²) < 4.78 is 17.8. The lowest BCUT2D eigenvalue weighted by Crippen LogP contribution is -2.27. The molecule has 0 spiro atoms. The molecule has 0 unspecified atom stereocenters. The highest BCUT2D eigenvalue weighted by Crippen LogP contribution is 2.38. The van der Waals surface area contributed by atoms with Crippen LogP contribution in [-0.2, 0) is 0 Å². The van der Waals surface area contributed by atoms with Crippen LogP contribution in [0.1, 0.15) is 39.5 Å². The number of halogens is 1. The molecule has 2 heterocycles. The molecule has 0 bridgehead atoms. The summed E-state index contributed by atoms with van der Waals surface area (Å²) in [5, 5.41) is 12.1. The SMILES string of the molecule is CCC1(CC)CCN(CCCOc2cc3ncnc(Oc4ccc(NC(=O)/N=C(N)/C=C\O)c(Cl)c4)c3cc2OC)C1. The molecule has 1 aromatic heterocycles. The van der Waals surface area contributed by atoms with Gasteiger partial charge in [0.05, 0.1) is 41.6 Å². The molecule has 224 valence electrons. The Kier molecular flexibility index (Phi) is 10.4. The molecule has 1 saturated heterocycles. The average molecular weight is 597 g/mol. The van der Waals surface area contributed by atoms with E-state index in [1.54, 1.807) is 25.3 Å². The van der Waals surface area contributed by atoms with Crippen molar-refractivity contribution in [2.75, 3.05) is 38.7 Å². The zero-order valence-electron chi connectivity index (χ0n) is 24.1. The van der Waals surface area contributed by atoms with E-state index in [9.17, 15) is 4.79 Å². The fraction of sp³-hybridized carbons (Fsp3) is 0.400. The van der Waals surface area contributed by atoms with E-state index in [4.69, 9.17) is 36.7 Å². The van der Waals surface area contributed by atoms with Gasteiger partial charge in [0.2, 0.25) is 5.88 Å². The molecule has 4 N–H and O–H groups in total. The fourth-order valence-corrected chi connectivity index (χ4v) is 5.27. The fourth-order valence-electron chi connectivity index (χ4n) is 5.06. The van der Waals surface area contributed by atoms with Crippen molar-refractivity contribution in [1.82, 2.24) is 14.9 Å². The van der Waals surface area contributed by atoms with Crippen LogP contribution in [0.4, 0.5) is 10.5 Å². The number of amides is 2. The maximum Gasteiger partial charge on any atom is 0.347 e. The minimum Gasteiger partial charge on any atom is -0.515 e. The molecule has 1 aliphatic heterocycles. The van der Waals surface area contributed by atoms with Crippen molar-refractivity contribution < 1.29 is 24.1 Å². The number of aliphatic imine (C=N–C) groups is 1. The number of methoxy groups -OCH3 is 1. The first kappa shape index (κ1) is 30.9. The summed E-state index contributed by atoms with van der Waals surface area (Å²) in [5.41, 5.74) is 6.89. The molecule has 3 aromatic rings. The van der Waals surface area contributed by atoms with E-state index < -0.39 is 6.03 Å². The number of rotatable bonds is 12. The van der Waals surface area contributed by atoms with Gasteiger partial charge in [-0.05, 0) is 55.8 Å². The van der Waals surface area contributed by atoms with Gasteiger partial charge in [-0.1, -0.05) is 25.4 Å². The highest BCUT2D eigenvalue weighted by Gasteiger charge is 2.34. The number of hydrogen-bond acceptors (Lipinski definition) is 8. The number of hydrogen-bond donors (Lipinski definition) is 3. The van der Waals surface area contributed by atoms with Gasteiger partial charge in [-0.3, -0.25) is 0 Å². The number of anilines is 1. The Hall–Kier alpha value is -4.09.